The topological polar surface area (TPSA) is 52.3 Å². The number of ether oxygens (including phenoxy) is 1. The SMILES string of the molecule is CCOC(=O)CC(C)c1ccc(N)c(F)c1. The number of hydrogen-bond donors (Lipinski definition) is 1. The van der Waals surface area contributed by atoms with Crippen molar-refractivity contribution in [2.24, 2.45) is 0 Å². The fourth-order valence-corrected chi connectivity index (χ4v) is 1.44. The Labute approximate surface area is 94.4 Å². The van der Waals surface area contributed by atoms with Crippen molar-refractivity contribution in [1.29, 1.82) is 0 Å². The van der Waals surface area contributed by atoms with E-state index in [2.05, 4.69) is 0 Å². The molecule has 1 aromatic carbocycles. The van der Waals surface area contributed by atoms with Crippen LogP contribution in [0.5, 0.6) is 0 Å². The Kier molecular flexibility index (Phi) is 4.28. The number of anilines is 1. The van der Waals surface area contributed by atoms with Crippen LogP contribution in [0.15, 0.2) is 18.2 Å². The van der Waals surface area contributed by atoms with E-state index in [1.54, 1.807) is 13.0 Å². The lowest BCUT2D eigenvalue weighted by Gasteiger charge is -2.11. The van der Waals surface area contributed by atoms with E-state index in [1.165, 1.54) is 12.1 Å². The van der Waals surface area contributed by atoms with Crippen LogP contribution in [-0.4, -0.2) is 12.6 Å². The molecule has 0 aliphatic carbocycles. The molecule has 3 nitrogen and oxygen atoms in total. The smallest absolute Gasteiger partial charge is 0.306 e. The molecule has 1 aromatic rings. The molecule has 0 fully saturated rings. The van der Waals surface area contributed by atoms with Crippen molar-refractivity contribution in [2.75, 3.05) is 12.3 Å². The van der Waals surface area contributed by atoms with Crippen LogP contribution in [0, 0.1) is 5.82 Å². The summed E-state index contributed by atoms with van der Waals surface area (Å²) in [7, 11) is 0. The van der Waals surface area contributed by atoms with E-state index in [1.807, 2.05) is 6.92 Å². The van der Waals surface area contributed by atoms with E-state index in [0.29, 0.717) is 6.61 Å². The summed E-state index contributed by atoms with van der Waals surface area (Å²) >= 11 is 0. The Hall–Kier alpha value is -1.58. The molecular formula is C12H16FNO2. The molecule has 0 aliphatic rings. The molecule has 0 heterocycles. The quantitative estimate of drug-likeness (QED) is 0.632. The Morgan fingerprint density at radius 1 is 1.56 bits per heavy atom. The Morgan fingerprint density at radius 2 is 2.25 bits per heavy atom. The Bertz CT molecular complexity index is 379. The van der Waals surface area contributed by atoms with Crippen LogP contribution in [0.2, 0.25) is 0 Å². The van der Waals surface area contributed by atoms with Gasteiger partial charge in [0.2, 0.25) is 0 Å². The number of halogens is 1. The molecule has 0 saturated heterocycles. The predicted octanol–water partition coefficient (Wildman–Crippen LogP) is 2.46. The van der Waals surface area contributed by atoms with E-state index < -0.39 is 5.82 Å². The molecule has 1 atom stereocenters. The van der Waals surface area contributed by atoms with Crippen LogP contribution in [0.3, 0.4) is 0 Å². The largest absolute Gasteiger partial charge is 0.466 e. The lowest BCUT2D eigenvalue weighted by molar-refractivity contribution is -0.143. The number of esters is 1. The number of carbonyl (C=O) groups is 1. The lowest BCUT2D eigenvalue weighted by Crippen LogP contribution is -2.08. The first-order chi connectivity index (χ1) is 7.54. The molecule has 0 saturated carbocycles. The number of nitrogen functional groups attached to an aromatic ring is 1. The van der Waals surface area contributed by atoms with Crippen molar-refractivity contribution in [1.82, 2.24) is 0 Å². The van der Waals surface area contributed by atoms with Crippen molar-refractivity contribution in [2.45, 2.75) is 26.2 Å². The van der Waals surface area contributed by atoms with Gasteiger partial charge in [0.15, 0.2) is 0 Å². The summed E-state index contributed by atoms with van der Waals surface area (Å²) in [6, 6.07) is 4.59. The second-order valence-corrected chi connectivity index (χ2v) is 3.69. The molecule has 0 bridgehead atoms. The highest BCUT2D eigenvalue weighted by Crippen LogP contribution is 2.22. The molecule has 1 rings (SSSR count). The first-order valence-corrected chi connectivity index (χ1v) is 5.25. The summed E-state index contributed by atoms with van der Waals surface area (Å²) in [6.07, 6.45) is 0.247. The minimum absolute atomic E-state index is 0.0749. The molecule has 16 heavy (non-hydrogen) atoms. The first-order valence-electron chi connectivity index (χ1n) is 5.25. The summed E-state index contributed by atoms with van der Waals surface area (Å²) in [5.74, 6) is -0.797. The molecule has 0 amide bonds. The van der Waals surface area contributed by atoms with Gasteiger partial charge in [-0.25, -0.2) is 4.39 Å². The fourth-order valence-electron chi connectivity index (χ4n) is 1.44. The molecule has 2 N–H and O–H groups in total. The van der Waals surface area contributed by atoms with Gasteiger partial charge in [-0.15, -0.1) is 0 Å². The molecule has 0 aliphatic heterocycles. The molecule has 88 valence electrons. The highest BCUT2D eigenvalue weighted by Gasteiger charge is 2.13. The van der Waals surface area contributed by atoms with Gasteiger partial charge in [0.25, 0.3) is 0 Å². The number of benzene rings is 1. The van der Waals surface area contributed by atoms with Crippen LogP contribution < -0.4 is 5.73 Å². The van der Waals surface area contributed by atoms with Gasteiger partial charge in [-0.3, -0.25) is 4.79 Å². The number of nitrogens with two attached hydrogens (primary N) is 1. The van der Waals surface area contributed by atoms with Crippen molar-refractivity contribution >= 4 is 11.7 Å². The van der Waals surface area contributed by atoms with Crippen molar-refractivity contribution in [3.8, 4) is 0 Å². The summed E-state index contributed by atoms with van der Waals surface area (Å²) < 4.78 is 18.0. The first kappa shape index (κ1) is 12.5. The monoisotopic (exact) mass is 225 g/mol. The Morgan fingerprint density at radius 3 is 2.81 bits per heavy atom. The van der Waals surface area contributed by atoms with Gasteiger partial charge in [0.05, 0.1) is 18.7 Å². The van der Waals surface area contributed by atoms with Crippen LogP contribution in [0.25, 0.3) is 0 Å². The van der Waals surface area contributed by atoms with Gasteiger partial charge in [-0.05, 0) is 30.5 Å². The van der Waals surface area contributed by atoms with Gasteiger partial charge >= 0.3 is 5.97 Å². The van der Waals surface area contributed by atoms with Gasteiger partial charge in [0.1, 0.15) is 5.82 Å². The van der Waals surface area contributed by atoms with E-state index in [0.717, 1.165) is 5.56 Å². The van der Waals surface area contributed by atoms with Crippen LogP contribution >= 0.6 is 0 Å². The van der Waals surface area contributed by atoms with E-state index >= 15 is 0 Å². The van der Waals surface area contributed by atoms with Crippen molar-refractivity contribution in [3.63, 3.8) is 0 Å². The number of rotatable bonds is 4. The molecule has 4 heteroatoms. The van der Waals surface area contributed by atoms with Crippen LogP contribution in [-0.2, 0) is 9.53 Å². The third kappa shape index (κ3) is 3.22. The lowest BCUT2D eigenvalue weighted by atomic mass is 9.97. The zero-order chi connectivity index (χ0) is 12.1. The Balaban J connectivity index is 2.69. The number of carbonyl (C=O) groups excluding carboxylic acids is 1. The van der Waals surface area contributed by atoms with Gasteiger partial charge in [-0.2, -0.15) is 0 Å². The summed E-state index contributed by atoms with van der Waals surface area (Å²) in [6.45, 7) is 3.97. The van der Waals surface area contributed by atoms with Gasteiger partial charge in [0, 0.05) is 0 Å². The third-order valence-corrected chi connectivity index (χ3v) is 2.37. The normalized spacial score (nSPS) is 12.2. The third-order valence-electron chi connectivity index (χ3n) is 2.37. The molecule has 1 unspecified atom stereocenters. The maximum atomic E-state index is 13.2. The minimum atomic E-state index is -0.451. The van der Waals surface area contributed by atoms with E-state index in [9.17, 15) is 9.18 Å². The number of hydrogen-bond acceptors (Lipinski definition) is 3. The fraction of sp³-hybridized carbons (Fsp3) is 0.417. The molecule has 0 aromatic heterocycles. The minimum Gasteiger partial charge on any atom is -0.466 e. The second-order valence-electron chi connectivity index (χ2n) is 3.69. The second kappa shape index (κ2) is 5.49. The van der Waals surface area contributed by atoms with Crippen molar-refractivity contribution < 1.29 is 13.9 Å². The summed E-state index contributed by atoms with van der Waals surface area (Å²) in [5, 5.41) is 0. The van der Waals surface area contributed by atoms with Crippen LogP contribution in [0.1, 0.15) is 31.7 Å². The molecular weight excluding hydrogens is 209 g/mol. The zero-order valence-electron chi connectivity index (χ0n) is 9.50. The maximum Gasteiger partial charge on any atom is 0.306 e. The summed E-state index contributed by atoms with van der Waals surface area (Å²) in [5.41, 5.74) is 6.24. The maximum absolute atomic E-state index is 13.2. The van der Waals surface area contributed by atoms with Crippen LogP contribution in [0.4, 0.5) is 10.1 Å². The summed E-state index contributed by atoms with van der Waals surface area (Å²) in [4.78, 5) is 11.2. The van der Waals surface area contributed by atoms with E-state index in [-0.39, 0.29) is 24.0 Å². The highest BCUT2D eigenvalue weighted by atomic mass is 19.1. The predicted molar refractivity (Wildman–Crippen MR) is 60.5 cm³/mol. The van der Waals surface area contributed by atoms with Gasteiger partial charge < -0.3 is 10.5 Å². The van der Waals surface area contributed by atoms with Gasteiger partial charge in [-0.1, -0.05) is 13.0 Å². The standard InChI is InChI=1S/C12H16FNO2/c1-3-16-12(15)6-8(2)9-4-5-11(14)10(13)7-9/h4-5,7-8H,3,6,14H2,1-2H3. The molecule has 0 radical (unpaired) electrons. The van der Waals surface area contributed by atoms with E-state index in [4.69, 9.17) is 10.5 Å². The average molecular weight is 225 g/mol. The molecule has 0 spiro atoms. The average Bonchev–Trinajstić information content (AvgIpc) is 2.22. The zero-order valence-corrected chi connectivity index (χ0v) is 9.50. The van der Waals surface area contributed by atoms with Crippen molar-refractivity contribution in [3.05, 3.63) is 29.6 Å². The highest BCUT2D eigenvalue weighted by molar-refractivity contribution is 5.70.